The van der Waals surface area contributed by atoms with Crippen LogP contribution in [0.5, 0.6) is 5.75 Å². The first-order valence-electron chi connectivity index (χ1n) is 10.8. The molecule has 0 spiro atoms. The molecule has 0 aliphatic carbocycles. The smallest absolute Gasteiger partial charge is 0.270 e. The number of tetrazole rings is 1. The third kappa shape index (κ3) is 4.81. The zero-order valence-corrected chi connectivity index (χ0v) is 20.7. The number of amides is 1. The summed E-state index contributed by atoms with van der Waals surface area (Å²) in [6.07, 6.45) is 0. The molecule has 0 aliphatic heterocycles. The Morgan fingerprint density at radius 1 is 1.06 bits per heavy atom. The van der Waals surface area contributed by atoms with Gasteiger partial charge in [-0.05, 0) is 53.2 Å². The number of methoxy groups -OCH3 is 1. The third-order valence-electron chi connectivity index (χ3n) is 5.58. The van der Waals surface area contributed by atoms with Crippen molar-refractivity contribution in [1.29, 1.82) is 0 Å². The maximum Gasteiger partial charge on any atom is 0.270 e. The molecular weight excluding hydrogens is 503 g/mol. The number of imidazole rings is 1. The highest BCUT2D eigenvalue weighted by Gasteiger charge is 2.13. The van der Waals surface area contributed by atoms with Gasteiger partial charge in [-0.15, -0.1) is 5.10 Å². The minimum atomic E-state index is -0.334. The van der Waals surface area contributed by atoms with Gasteiger partial charge in [-0.2, -0.15) is 5.21 Å². The molecule has 2 heterocycles. The maximum absolute atomic E-state index is 12.5. The number of benzene rings is 3. The van der Waals surface area contributed by atoms with Crippen LogP contribution in [0.25, 0.3) is 11.0 Å². The van der Waals surface area contributed by atoms with E-state index in [4.69, 9.17) is 32.9 Å². The summed E-state index contributed by atoms with van der Waals surface area (Å²) in [6.45, 7) is 0.490. The lowest BCUT2D eigenvalue weighted by Crippen LogP contribution is -2.24. The first kappa shape index (κ1) is 23.6. The van der Waals surface area contributed by atoms with Crippen molar-refractivity contribution >= 4 is 51.8 Å². The van der Waals surface area contributed by atoms with Gasteiger partial charge >= 0.3 is 0 Å². The molecule has 0 unspecified atom stereocenters. The van der Waals surface area contributed by atoms with Crippen LogP contribution in [0.3, 0.4) is 0 Å². The van der Waals surface area contributed by atoms with Crippen LogP contribution < -0.4 is 15.7 Å². The molecule has 5 aromatic rings. The number of rotatable bonds is 6. The summed E-state index contributed by atoms with van der Waals surface area (Å²) in [6, 6.07) is 18.3. The molecule has 182 valence electrons. The number of aromatic amines is 1. The molecule has 0 aliphatic rings. The molecular formula is C24H20Cl2N8O2. The number of halogens is 2. The molecule has 12 heteroatoms. The van der Waals surface area contributed by atoms with Crippen molar-refractivity contribution in [2.45, 2.75) is 6.54 Å². The van der Waals surface area contributed by atoms with Crippen LogP contribution >= 0.6 is 23.2 Å². The van der Waals surface area contributed by atoms with Crippen molar-refractivity contribution in [1.82, 2.24) is 29.8 Å². The SMILES string of the molecule is COc1ccc2c(c1)n(Cc1ccc(C(=O)Nc3nn[nH]n3)cc1)c(=Nc1cc(Cl)cc(Cl)c1)n2C. The molecule has 36 heavy (non-hydrogen) atoms. The highest BCUT2D eigenvalue weighted by Crippen LogP contribution is 2.25. The van der Waals surface area contributed by atoms with Gasteiger partial charge in [0.1, 0.15) is 5.75 Å². The second-order valence-corrected chi connectivity index (χ2v) is 8.80. The van der Waals surface area contributed by atoms with Gasteiger partial charge in [-0.25, -0.2) is 4.99 Å². The summed E-state index contributed by atoms with van der Waals surface area (Å²) in [5.74, 6) is 0.503. The number of nitrogens with one attached hydrogen (secondary N) is 2. The zero-order valence-electron chi connectivity index (χ0n) is 19.2. The number of fused-ring (bicyclic) bond motifs is 1. The normalized spacial score (nSPS) is 11.7. The number of carbonyl (C=O) groups is 1. The monoisotopic (exact) mass is 522 g/mol. The number of anilines is 1. The van der Waals surface area contributed by atoms with E-state index in [-0.39, 0.29) is 11.9 Å². The predicted octanol–water partition coefficient (Wildman–Crippen LogP) is 4.34. The summed E-state index contributed by atoms with van der Waals surface area (Å²) >= 11 is 12.4. The fourth-order valence-corrected chi connectivity index (χ4v) is 4.38. The van der Waals surface area contributed by atoms with Gasteiger partial charge in [0.25, 0.3) is 11.9 Å². The van der Waals surface area contributed by atoms with Gasteiger partial charge in [0.2, 0.25) is 5.62 Å². The Morgan fingerprint density at radius 2 is 1.81 bits per heavy atom. The lowest BCUT2D eigenvalue weighted by atomic mass is 10.1. The molecule has 0 radical (unpaired) electrons. The standard InChI is InChI=1S/C24H20Cl2N8O2/c1-33-20-8-7-19(36-2)12-21(20)34(24(33)27-18-10-16(25)9-17(26)11-18)13-14-3-5-15(6-4-14)22(35)28-23-29-31-32-30-23/h3-12H,13H2,1-2H3,(H2,28,29,30,31,32,35). The Bertz CT molecular complexity index is 1600. The first-order valence-corrected chi connectivity index (χ1v) is 11.5. The van der Waals surface area contributed by atoms with Crippen LogP contribution in [0.1, 0.15) is 15.9 Å². The topological polar surface area (TPSA) is 115 Å². The molecule has 2 N–H and O–H groups in total. The number of aromatic nitrogens is 6. The first-order chi connectivity index (χ1) is 17.4. The van der Waals surface area contributed by atoms with E-state index in [9.17, 15) is 4.79 Å². The van der Waals surface area contributed by atoms with E-state index in [0.717, 1.165) is 22.3 Å². The van der Waals surface area contributed by atoms with Crippen molar-refractivity contribution in [3.05, 3.63) is 87.5 Å². The van der Waals surface area contributed by atoms with Crippen LogP contribution in [0.4, 0.5) is 11.6 Å². The Labute approximate surface area is 215 Å². The fraction of sp³-hybridized carbons (Fsp3) is 0.125. The molecule has 10 nitrogen and oxygen atoms in total. The summed E-state index contributed by atoms with van der Waals surface area (Å²) in [4.78, 5) is 17.3. The average molecular weight is 523 g/mol. The highest BCUT2D eigenvalue weighted by atomic mass is 35.5. The summed E-state index contributed by atoms with van der Waals surface area (Å²) < 4.78 is 9.53. The largest absolute Gasteiger partial charge is 0.497 e. The number of carbonyl (C=O) groups excluding carboxylic acids is 1. The molecule has 0 saturated heterocycles. The number of hydrogen-bond acceptors (Lipinski definition) is 6. The van der Waals surface area contributed by atoms with Crippen molar-refractivity contribution < 1.29 is 9.53 Å². The second-order valence-electron chi connectivity index (χ2n) is 7.93. The number of nitrogens with zero attached hydrogens (tertiary/aromatic N) is 6. The van der Waals surface area contributed by atoms with E-state index < -0.39 is 0 Å². The van der Waals surface area contributed by atoms with E-state index in [1.165, 1.54) is 0 Å². The number of ether oxygens (including phenoxy) is 1. The molecule has 0 fully saturated rings. The molecule has 1 amide bonds. The second kappa shape index (κ2) is 9.84. The molecule has 5 rings (SSSR count). The molecule has 0 bridgehead atoms. The van der Waals surface area contributed by atoms with Crippen LogP contribution in [0, 0.1) is 0 Å². The van der Waals surface area contributed by atoms with E-state index in [1.807, 2.05) is 41.9 Å². The Kier molecular flexibility index (Phi) is 6.45. The predicted molar refractivity (Wildman–Crippen MR) is 137 cm³/mol. The van der Waals surface area contributed by atoms with Gasteiger partial charge in [0.05, 0.1) is 30.4 Å². The molecule has 2 aromatic heterocycles. The van der Waals surface area contributed by atoms with Crippen LogP contribution in [-0.4, -0.2) is 42.8 Å². The van der Waals surface area contributed by atoms with Crippen LogP contribution in [0.15, 0.2) is 65.7 Å². The van der Waals surface area contributed by atoms with Gasteiger partial charge in [-0.1, -0.05) is 40.4 Å². The van der Waals surface area contributed by atoms with E-state index in [1.54, 1.807) is 37.4 Å². The van der Waals surface area contributed by atoms with Gasteiger partial charge < -0.3 is 13.9 Å². The minimum Gasteiger partial charge on any atom is -0.497 e. The maximum atomic E-state index is 12.5. The van der Waals surface area contributed by atoms with Crippen LogP contribution in [0.2, 0.25) is 10.0 Å². The van der Waals surface area contributed by atoms with E-state index in [2.05, 4.69) is 30.5 Å². The summed E-state index contributed by atoms with van der Waals surface area (Å²) in [7, 11) is 3.58. The Morgan fingerprint density at radius 3 is 2.47 bits per heavy atom. The lowest BCUT2D eigenvalue weighted by molar-refractivity contribution is 0.102. The number of H-pyrrole nitrogens is 1. The van der Waals surface area contributed by atoms with E-state index >= 15 is 0 Å². The molecule has 0 atom stereocenters. The molecule has 3 aromatic carbocycles. The lowest BCUT2D eigenvalue weighted by Gasteiger charge is -2.08. The van der Waals surface area contributed by atoms with Crippen molar-refractivity contribution in [3.63, 3.8) is 0 Å². The van der Waals surface area contributed by atoms with Crippen molar-refractivity contribution in [2.24, 2.45) is 12.0 Å². The fourth-order valence-electron chi connectivity index (χ4n) is 3.87. The highest BCUT2D eigenvalue weighted by molar-refractivity contribution is 6.35. The molecule has 0 saturated carbocycles. The Hall–Kier alpha value is -4.15. The van der Waals surface area contributed by atoms with Gasteiger partial charge in [0, 0.05) is 28.7 Å². The van der Waals surface area contributed by atoms with Crippen molar-refractivity contribution in [3.8, 4) is 5.75 Å². The summed E-state index contributed by atoms with van der Waals surface area (Å²) in [5.41, 5.74) is 4.66. The van der Waals surface area contributed by atoms with Crippen molar-refractivity contribution in [2.75, 3.05) is 12.4 Å². The number of aryl methyl sites for hydroxylation is 1. The Balaban J connectivity index is 1.56. The average Bonchev–Trinajstić information content (AvgIpc) is 3.46. The third-order valence-corrected chi connectivity index (χ3v) is 6.02. The zero-order chi connectivity index (χ0) is 25.2. The van der Waals surface area contributed by atoms with E-state index in [0.29, 0.717) is 33.5 Å². The minimum absolute atomic E-state index is 0.108. The summed E-state index contributed by atoms with van der Waals surface area (Å²) in [5, 5.41) is 16.8. The van der Waals surface area contributed by atoms with Crippen LogP contribution in [-0.2, 0) is 13.6 Å². The van der Waals surface area contributed by atoms with Gasteiger partial charge in [-0.3, -0.25) is 10.1 Å². The quantitative estimate of drug-likeness (QED) is 0.344. The van der Waals surface area contributed by atoms with Gasteiger partial charge in [0.15, 0.2) is 0 Å². The number of hydrogen-bond donors (Lipinski definition) is 2.